The molecule has 1 aliphatic heterocycles. The van der Waals surface area contributed by atoms with Crippen molar-refractivity contribution < 1.29 is 4.79 Å². The predicted octanol–water partition coefficient (Wildman–Crippen LogP) is 5.34. The fraction of sp³-hybridized carbons (Fsp3) is 0.364. The first kappa shape index (κ1) is 20.5. The SMILES string of the molecule is CC(C)Sc1ccc(CC(=O)N2CCN(c3nc4ccc(Cl)cc4s3)CC2)cc1. The first-order valence-corrected chi connectivity index (χ1v) is 11.9. The first-order chi connectivity index (χ1) is 14.0. The van der Waals surface area contributed by atoms with Gasteiger partial charge in [-0.3, -0.25) is 4.79 Å². The van der Waals surface area contributed by atoms with Gasteiger partial charge in [0, 0.05) is 41.3 Å². The quantitative estimate of drug-likeness (QED) is 0.496. The maximum Gasteiger partial charge on any atom is 0.227 e. The van der Waals surface area contributed by atoms with Crippen molar-refractivity contribution in [2.45, 2.75) is 30.4 Å². The van der Waals surface area contributed by atoms with E-state index >= 15 is 0 Å². The second kappa shape index (κ2) is 8.94. The summed E-state index contributed by atoms with van der Waals surface area (Å²) in [7, 11) is 0. The topological polar surface area (TPSA) is 36.4 Å². The number of piperazine rings is 1. The zero-order chi connectivity index (χ0) is 20.4. The van der Waals surface area contributed by atoms with Crippen molar-refractivity contribution in [1.82, 2.24) is 9.88 Å². The monoisotopic (exact) mass is 445 g/mol. The number of nitrogens with zero attached hydrogens (tertiary/aromatic N) is 3. The van der Waals surface area contributed by atoms with Gasteiger partial charge >= 0.3 is 0 Å². The Hall–Kier alpha value is -1.76. The zero-order valence-corrected chi connectivity index (χ0v) is 19.0. The van der Waals surface area contributed by atoms with Crippen molar-refractivity contribution in [3.63, 3.8) is 0 Å². The number of hydrogen-bond acceptors (Lipinski definition) is 5. The second-order valence-electron chi connectivity index (χ2n) is 7.46. The lowest BCUT2D eigenvalue weighted by molar-refractivity contribution is -0.130. The van der Waals surface area contributed by atoms with Gasteiger partial charge < -0.3 is 9.80 Å². The van der Waals surface area contributed by atoms with Gasteiger partial charge in [-0.05, 0) is 35.9 Å². The van der Waals surface area contributed by atoms with E-state index in [-0.39, 0.29) is 5.91 Å². The Morgan fingerprint density at radius 3 is 2.55 bits per heavy atom. The number of amides is 1. The van der Waals surface area contributed by atoms with Crippen LogP contribution in [0.5, 0.6) is 0 Å². The molecule has 3 aromatic rings. The highest BCUT2D eigenvalue weighted by Crippen LogP contribution is 2.31. The zero-order valence-electron chi connectivity index (χ0n) is 16.6. The summed E-state index contributed by atoms with van der Waals surface area (Å²) in [4.78, 5) is 22.9. The number of thiazole rings is 1. The fourth-order valence-electron chi connectivity index (χ4n) is 3.41. The van der Waals surface area contributed by atoms with Gasteiger partial charge in [0.2, 0.25) is 5.91 Å². The van der Waals surface area contributed by atoms with Crippen LogP contribution in [0.4, 0.5) is 5.13 Å². The van der Waals surface area contributed by atoms with E-state index in [2.05, 4.69) is 43.0 Å². The second-order valence-corrected chi connectivity index (χ2v) is 10.6. The summed E-state index contributed by atoms with van der Waals surface area (Å²) in [5.41, 5.74) is 2.06. The lowest BCUT2D eigenvalue weighted by Crippen LogP contribution is -2.49. The summed E-state index contributed by atoms with van der Waals surface area (Å²) in [6.07, 6.45) is 0.465. The summed E-state index contributed by atoms with van der Waals surface area (Å²) < 4.78 is 1.10. The van der Waals surface area contributed by atoms with Crippen LogP contribution in [-0.2, 0) is 11.2 Å². The normalized spacial score (nSPS) is 14.8. The highest BCUT2D eigenvalue weighted by atomic mass is 35.5. The number of aromatic nitrogens is 1. The first-order valence-electron chi connectivity index (χ1n) is 9.82. The maximum absolute atomic E-state index is 12.7. The molecule has 0 unspecified atom stereocenters. The molecule has 0 radical (unpaired) electrons. The molecule has 7 heteroatoms. The average molecular weight is 446 g/mol. The van der Waals surface area contributed by atoms with E-state index in [0.29, 0.717) is 11.7 Å². The lowest BCUT2D eigenvalue weighted by Gasteiger charge is -2.34. The fourth-order valence-corrected chi connectivity index (χ4v) is 5.54. The van der Waals surface area contributed by atoms with E-state index in [4.69, 9.17) is 16.6 Å². The van der Waals surface area contributed by atoms with E-state index in [1.165, 1.54) is 4.90 Å². The number of fused-ring (bicyclic) bond motifs is 1. The third kappa shape index (κ3) is 5.05. The Bertz CT molecular complexity index is 995. The predicted molar refractivity (Wildman–Crippen MR) is 125 cm³/mol. The minimum Gasteiger partial charge on any atom is -0.345 e. The number of thioether (sulfide) groups is 1. The molecule has 1 aliphatic rings. The standard InChI is InChI=1S/C22H24ClN3OS2/c1-15(2)28-18-6-3-16(4-7-18)13-21(27)25-9-11-26(12-10-25)22-24-19-8-5-17(23)14-20(19)29-22/h3-8,14-15H,9-13H2,1-2H3. The molecule has 1 aromatic heterocycles. The van der Waals surface area contributed by atoms with Crippen LogP contribution in [0.1, 0.15) is 19.4 Å². The van der Waals surface area contributed by atoms with Gasteiger partial charge in [-0.25, -0.2) is 4.98 Å². The molecule has 0 aliphatic carbocycles. The van der Waals surface area contributed by atoms with Crippen LogP contribution < -0.4 is 4.90 Å². The minimum absolute atomic E-state index is 0.199. The largest absolute Gasteiger partial charge is 0.345 e. The van der Waals surface area contributed by atoms with Crippen molar-refractivity contribution in [3.8, 4) is 0 Å². The molecule has 1 amide bonds. The number of hydrogen-bond donors (Lipinski definition) is 0. The molecule has 2 aromatic carbocycles. The van der Waals surface area contributed by atoms with Crippen LogP contribution in [0.3, 0.4) is 0 Å². The molecule has 152 valence electrons. The summed E-state index contributed by atoms with van der Waals surface area (Å²) >= 11 is 9.59. The van der Waals surface area contributed by atoms with Crippen LogP contribution in [-0.4, -0.2) is 47.2 Å². The minimum atomic E-state index is 0.199. The van der Waals surface area contributed by atoms with Crippen LogP contribution in [0, 0.1) is 0 Å². The van der Waals surface area contributed by atoms with Crippen LogP contribution in [0.2, 0.25) is 5.02 Å². The number of anilines is 1. The number of carbonyl (C=O) groups is 1. The van der Waals surface area contributed by atoms with Crippen molar-refractivity contribution >= 4 is 56.0 Å². The van der Waals surface area contributed by atoms with E-state index in [1.807, 2.05) is 34.9 Å². The van der Waals surface area contributed by atoms with Gasteiger partial charge in [0.1, 0.15) is 0 Å². The van der Waals surface area contributed by atoms with E-state index in [1.54, 1.807) is 11.3 Å². The Balaban J connectivity index is 1.33. The summed E-state index contributed by atoms with van der Waals surface area (Å²) in [6, 6.07) is 14.2. The lowest BCUT2D eigenvalue weighted by atomic mass is 10.1. The molecule has 29 heavy (non-hydrogen) atoms. The Kier molecular flexibility index (Phi) is 6.32. The molecule has 0 bridgehead atoms. The third-order valence-electron chi connectivity index (χ3n) is 4.89. The molecule has 0 spiro atoms. The van der Waals surface area contributed by atoms with Crippen molar-refractivity contribution in [1.29, 1.82) is 0 Å². The molecule has 1 saturated heterocycles. The molecule has 0 saturated carbocycles. The summed E-state index contributed by atoms with van der Waals surface area (Å²) in [6.45, 7) is 7.45. The van der Waals surface area contributed by atoms with Gasteiger partial charge in [-0.1, -0.05) is 48.9 Å². The Morgan fingerprint density at radius 1 is 1.14 bits per heavy atom. The summed E-state index contributed by atoms with van der Waals surface area (Å²) in [5, 5.41) is 2.30. The van der Waals surface area contributed by atoms with Gasteiger partial charge in [0.05, 0.1) is 16.6 Å². The molecular formula is C22H24ClN3OS2. The number of benzene rings is 2. The van der Waals surface area contributed by atoms with Gasteiger partial charge in [-0.15, -0.1) is 11.8 Å². The molecule has 0 atom stereocenters. The van der Waals surface area contributed by atoms with Gasteiger partial charge in [0.25, 0.3) is 0 Å². The Labute approximate surface area is 184 Å². The third-order valence-corrected chi connectivity index (χ3v) is 7.22. The Morgan fingerprint density at radius 2 is 1.86 bits per heavy atom. The van der Waals surface area contributed by atoms with Crippen molar-refractivity contribution in [2.24, 2.45) is 0 Å². The van der Waals surface area contributed by atoms with Gasteiger partial charge in [-0.2, -0.15) is 0 Å². The van der Waals surface area contributed by atoms with Crippen LogP contribution in [0.15, 0.2) is 47.4 Å². The number of carbonyl (C=O) groups excluding carboxylic acids is 1. The highest BCUT2D eigenvalue weighted by Gasteiger charge is 2.23. The number of rotatable bonds is 5. The van der Waals surface area contributed by atoms with Crippen LogP contribution in [0.25, 0.3) is 10.2 Å². The maximum atomic E-state index is 12.7. The molecule has 0 N–H and O–H groups in total. The van der Waals surface area contributed by atoms with Crippen molar-refractivity contribution in [2.75, 3.05) is 31.1 Å². The highest BCUT2D eigenvalue weighted by molar-refractivity contribution is 7.99. The molecular weight excluding hydrogens is 422 g/mol. The molecule has 4 nitrogen and oxygen atoms in total. The van der Waals surface area contributed by atoms with E-state index < -0.39 is 0 Å². The average Bonchev–Trinajstić information content (AvgIpc) is 3.12. The smallest absolute Gasteiger partial charge is 0.227 e. The van der Waals surface area contributed by atoms with E-state index in [9.17, 15) is 4.79 Å². The van der Waals surface area contributed by atoms with Crippen LogP contribution >= 0.6 is 34.7 Å². The summed E-state index contributed by atoms with van der Waals surface area (Å²) in [5.74, 6) is 0.199. The van der Waals surface area contributed by atoms with E-state index in [0.717, 1.165) is 52.1 Å². The molecule has 1 fully saturated rings. The number of halogens is 1. The van der Waals surface area contributed by atoms with Gasteiger partial charge in [0.15, 0.2) is 5.13 Å². The molecule has 2 heterocycles. The van der Waals surface area contributed by atoms with Crippen molar-refractivity contribution in [3.05, 3.63) is 53.1 Å². The molecule has 4 rings (SSSR count).